The topological polar surface area (TPSA) is 95.9 Å². The lowest BCUT2D eigenvalue weighted by atomic mass is 9.97. The zero-order valence-electron chi connectivity index (χ0n) is 20.3. The van der Waals surface area contributed by atoms with Crippen molar-refractivity contribution in [3.8, 4) is 11.1 Å². The first-order valence-electron chi connectivity index (χ1n) is 12.0. The summed E-state index contributed by atoms with van der Waals surface area (Å²) < 4.78 is 5.64. The summed E-state index contributed by atoms with van der Waals surface area (Å²) in [4.78, 5) is 38.6. The number of alkyl carbamates (subject to hydrolysis) is 1. The first-order chi connectivity index (χ1) is 16.7. The Balaban J connectivity index is 1.33. The van der Waals surface area contributed by atoms with Gasteiger partial charge in [0.2, 0.25) is 5.91 Å². The average Bonchev–Trinajstić information content (AvgIpc) is 3.41. The van der Waals surface area contributed by atoms with Crippen molar-refractivity contribution in [2.24, 2.45) is 0 Å². The molecule has 2 aromatic carbocycles. The Morgan fingerprint density at radius 2 is 1.69 bits per heavy atom. The quantitative estimate of drug-likeness (QED) is 0.543. The third kappa shape index (κ3) is 5.32. The fraction of sp³-hybridized carbons (Fsp3) is 0.444. The minimum Gasteiger partial charge on any atom is -0.480 e. The molecule has 186 valence electrons. The van der Waals surface area contributed by atoms with E-state index in [4.69, 9.17) is 4.74 Å². The van der Waals surface area contributed by atoms with E-state index in [2.05, 4.69) is 29.6 Å². The zero-order valence-corrected chi connectivity index (χ0v) is 21.1. The summed E-state index contributed by atoms with van der Waals surface area (Å²) in [5.74, 6) is -0.792. The van der Waals surface area contributed by atoms with Crippen LogP contribution in [0.25, 0.3) is 11.1 Å². The Labute approximate surface area is 210 Å². The molecule has 35 heavy (non-hydrogen) atoms. The minimum atomic E-state index is -0.974. The smallest absolute Gasteiger partial charge is 0.407 e. The van der Waals surface area contributed by atoms with Crippen LogP contribution in [-0.4, -0.2) is 57.3 Å². The van der Waals surface area contributed by atoms with E-state index in [1.54, 1.807) is 0 Å². The number of ether oxygens (including phenoxy) is 1. The molecule has 1 heterocycles. The molecular formula is C27H32N2O5S. The second-order valence-corrected chi connectivity index (χ2v) is 10.9. The average molecular weight is 497 g/mol. The molecular weight excluding hydrogens is 464 g/mol. The number of nitrogens with zero attached hydrogens (tertiary/aromatic N) is 1. The Hall–Kier alpha value is -3.00. The van der Waals surface area contributed by atoms with Crippen LogP contribution < -0.4 is 5.32 Å². The summed E-state index contributed by atoms with van der Waals surface area (Å²) in [5.41, 5.74) is 3.94. The number of carbonyl (C=O) groups excluding carboxylic acids is 2. The van der Waals surface area contributed by atoms with Crippen LogP contribution >= 0.6 is 11.8 Å². The second-order valence-electron chi connectivity index (χ2n) is 9.69. The SMILES string of the molecule is CCC1SCC(C(=O)O)N1C(=O)CCC(C)(C)NC(=O)OCC1c2ccccc2-c2ccccc21. The molecule has 1 aliphatic heterocycles. The van der Waals surface area contributed by atoms with Crippen LogP contribution in [0.5, 0.6) is 0 Å². The normalized spacial score (nSPS) is 19.2. The molecule has 4 rings (SSSR count). The maximum atomic E-state index is 12.9. The van der Waals surface area contributed by atoms with E-state index in [1.807, 2.05) is 45.0 Å². The number of hydrogen-bond acceptors (Lipinski definition) is 5. The van der Waals surface area contributed by atoms with Crippen molar-refractivity contribution >= 4 is 29.7 Å². The highest BCUT2D eigenvalue weighted by molar-refractivity contribution is 8.00. The van der Waals surface area contributed by atoms with Crippen LogP contribution in [0.3, 0.4) is 0 Å². The highest BCUT2D eigenvalue weighted by atomic mass is 32.2. The van der Waals surface area contributed by atoms with E-state index in [1.165, 1.54) is 27.8 Å². The molecule has 1 fully saturated rings. The largest absolute Gasteiger partial charge is 0.480 e. The maximum absolute atomic E-state index is 12.9. The molecule has 8 heteroatoms. The number of nitrogens with one attached hydrogen (secondary N) is 1. The molecule has 2 amide bonds. The first kappa shape index (κ1) is 25.1. The standard InChI is InChI=1S/C27H32N2O5S/c1-4-24-29(22(16-35-24)25(31)32)23(30)13-14-27(2,3)28-26(33)34-15-21-19-11-7-5-9-17(19)18-10-6-8-12-20(18)21/h5-12,21-22,24H,4,13-16H2,1-3H3,(H,28,33)(H,31,32). The predicted octanol–water partition coefficient (Wildman–Crippen LogP) is 4.85. The van der Waals surface area contributed by atoms with Crippen molar-refractivity contribution < 1.29 is 24.2 Å². The van der Waals surface area contributed by atoms with E-state index >= 15 is 0 Å². The second kappa shape index (κ2) is 10.3. The van der Waals surface area contributed by atoms with Crippen LogP contribution in [0.15, 0.2) is 48.5 Å². The number of benzene rings is 2. The Bertz CT molecular complexity index is 1070. The van der Waals surface area contributed by atoms with Crippen molar-refractivity contribution in [2.75, 3.05) is 12.4 Å². The highest BCUT2D eigenvalue weighted by Crippen LogP contribution is 2.44. The third-order valence-corrected chi connectivity index (χ3v) is 8.22. The summed E-state index contributed by atoms with van der Waals surface area (Å²) >= 11 is 1.50. The van der Waals surface area contributed by atoms with E-state index in [0.29, 0.717) is 18.6 Å². The lowest BCUT2D eigenvalue weighted by molar-refractivity contribution is -0.149. The summed E-state index contributed by atoms with van der Waals surface area (Å²) in [6, 6.07) is 15.5. The summed E-state index contributed by atoms with van der Waals surface area (Å²) in [6.07, 6.45) is 0.690. The molecule has 0 spiro atoms. The molecule has 2 atom stereocenters. The van der Waals surface area contributed by atoms with Gasteiger partial charge in [0.15, 0.2) is 0 Å². The van der Waals surface area contributed by atoms with Crippen molar-refractivity contribution in [3.63, 3.8) is 0 Å². The van der Waals surface area contributed by atoms with E-state index in [0.717, 1.165) is 11.1 Å². The number of thioether (sulfide) groups is 1. The number of rotatable bonds is 8. The van der Waals surface area contributed by atoms with Gasteiger partial charge in [-0.2, -0.15) is 0 Å². The molecule has 1 saturated heterocycles. The zero-order chi connectivity index (χ0) is 25.2. The number of fused-ring (bicyclic) bond motifs is 3. The maximum Gasteiger partial charge on any atom is 0.407 e. The molecule has 2 aliphatic rings. The van der Waals surface area contributed by atoms with Crippen LogP contribution in [0.1, 0.15) is 57.1 Å². The first-order valence-corrected chi connectivity index (χ1v) is 13.1. The third-order valence-electron chi connectivity index (χ3n) is 6.76. The number of amides is 2. The molecule has 2 unspecified atom stereocenters. The van der Waals surface area contributed by atoms with E-state index < -0.39 is 23.6 Å². The van der Waals surface area contributed by atoms with Crippen LogP contribution in [0.2, 0.25) is 0 Å². The van der Waals surface area contributed by atoms with Gasteiger partial charge < -0.3 is 20.1 Å². The van der Waals surface area contributed by atoms with Gasteiger partial charge in [-0.3, -0.25) is 4.79 Å². The van der Waals surface area contributed by atoms with Gasteiger partial charge in [-0.25, -0.2) is 9.59 Å². The molecule has 2 aromatic rings. The van der Waals surface area contributed by atoms with Gasteiger partial charge >= 0.3 is 12.1 Å². The van der Waals surface area contributed by atoms with Crippen molar-refractivity contribution in [2.45, 2.75) is 62.9 Å². The van der Waals surface area contributed by atoms with Crippen molar-refractivity contribution in [1.82, 2.24) is 10.2 Å². The summed E-state index contributed by atoms with van der Waals surface area (Å²) in [5, 5.41) is 12.2. The number of carbonyl (C=O) groups is 3. The Morgan fingerprint density at radius 1 is 1.09 bits per heavy atom. The number of hydrogen-bond donors (Lipinski definition) is 2. The molecule has 0 saturated carbocycles. The van der Waals surface area contributed by atoms with Gasteiger partial charge in [0.1, 0.15) is 12.6 Å². The lowest BCUT2D eigenvalue weighted by Crippen LogP contribution is -2.48. The van der Waals surface area contributed by atoms with Gasteiger partial charge in [-0.1, -0.05) is 55.5 Å². The molecule has 0 aromatic heterocycles. The Kier molecular flexibility index (Phi) is 7.40. The van der Waals surface area contributed by atoms with Gasteiger partial charge in [0.25, 0.3) is 0 Å². The number of carboxylic acids is 1. The van der Waals surface area contributed by atoms with Crippen LogP contribution in [0.4, 0.5) is 4.79 Å². The summed E-state index contributed by atoms with van der Waals surface area (Å²) in [6.45, 7) is 5.85. The van der Waals surface area contributed by atoms with E-state index in [-0.39, 0.29) is 30.2 Å². The Morgan fingerprint density at radius 3 is 2.26 bits per heavy atom. The highest BCUT2D eigenvalue weighted by Gasteiger charge is 2.41. The number of carboxylic acid groups (broad SMARTS) is 1. The lowest BCUT2D eigenvalue weighted by Gasteiger charge is -2.30. The monoisotopic (exact) mass is 496 g/mol. The molecule has 1 aliphatic carbocycles. The molecule has 7 nitrogen and oxygen atoms in total. The van der Waals surface area contributed by atoms with Gasteiger partial charge in [-0.15, -0.1) is 11.8 Å². The van der Waals surface area contributed by atoms with Crippen molar-refractivity contribution in [3.05, 3.63) is 59.7 Å². The van der Waals surface area contributed by atoms with Gasteiger partial charge in [-0.05, 0) is 48.9 Å². The van der Waals surface area contributed by atoms with Crippen molar-refractivity contribution in [1.29, 1.82) is 0 Å². The molecule has 0 radical (unpaired) electrons. The van der Waals surface area contributed by atoms with Gasteiger partial charge in [0, 0.05) is 23.6 Å². The fourth-order valence-electron chi connectivity index (χ4n) is 4.92. The number of aliphatic carboxylic acids is 1. The van der Waals surface area contributed by atoms with Crippen LogP contribution in [0, 0.1) is 0 Å². The van der Waals surface area contributed by atoms with Gasteiger partial charge in [0.05, 0.1) is 5.37 Å². The summed E-state index contributed by atoms with van der Waals surface area (Å²) in [7, 11) is 0. The molecule has 0 bridgehead atoms. The van der Waals surface area contributed by atoms with E-state index in [9.17, 15) is 19.5 Å². The molecule has 2 N–H and O–H groups in total. The predicted molar refractivity (Wildman–Crippen MR) is 136 cm³/mol. The minimum absolute atomic E-state index is 0.0237. The van der Waals surface area contributed by atoms with Crippen LogP contribution in [-0.2, 0) is 14.3 Å². The fourth-order valence-corrected chi connectivity index (χ4v) is 6.29.